The van der Waals surface area contributed by atoms with E-state index >= 15 is 0 Å². The number of nitrogens with zero attached hydrogens (tertiary/aromatic N) is 1. The van der Waals surface area contributed by atoms with Gasteiger partial charge in [-0.05, 0) is 18.6 Å². The molecule has 0 radical (unpaired) electrons. The van der Waals surface area contributed by atoms with Crippen molar-refractivity contribution in [3.63, 3.8) is 0 Å². The van der Waals surface area contributed by atoms with Gasteiger partial charge in [-0.3, -0.25) is 9.87 Å². The Balaban J connectivity index is 2.01. The lowest BCUT2D eigenvalue weighted by Crippen LogP contribution is -2.09. The van der Waals surface area contributed by atoms with Gasteiger partial charge >= 0.3 is 5.97 Å². The van der Waals surface area contributed by atoms with E-state index in [0.29, 0.717) is 12.3 Å². The summed E-state index contributed by atoms with van der Waals surface area (Å²) in [6.45, 7) is 2.09. The van der Waals surface area contributed by atoms with E-state index in [4.69, 9.17) is 0 Å². The molecule has 4 heteroatoms. The molecule has 0 aliphatic rings. The third-order valence-electron chi connectivity index (χ3n) is 2.53. The van der Waals surface area contributed by atoms with Crippen LogP contribution in [0.25, 0.3) is 11.1 Å². The van der Waals surface area contributed by atoms with Crippen molar-refractivity contribution in [2.75, 3.05) is 6.61 Å². The molecule has 0 spiro atoms. The van der Waals surface area contributed by atoms with Gasteiger partial charge in [0.25, 0.3) is 0 Å². The van der Waals surface area contributed by atoms with Crippen molar-refractivity contribution in [2.45, 2.75) is 13.3 Å². The first-order chi connectivity index (χ1) is 9.29. The van der Waals surface area contributed by atoms with Crippen LogP contribution in [0.2, 0.25) is 0 Å². The Labute approximate surface area is 111 Å². The zero-order valence-corrected chi connectivity index (χ0v) is 10.7. The number of rotatable bonds is 5. The Kier molecular flexibility index (Phi) is 4.64. The highest BCUT2D eigenvalue weighted by molar-refractivity contribution is 5.71. The lowest BCUT2D eigenvalue weighted by atomic mass is 10.1. The molecule has 0 N–H and O–H groups in total. The number of carbonyl (C=O) groups is 1. The summed E-state index contributed by atoms with van der Waals surface area (Å²) in [5.74, 6) is -0.443. The summed E-state index contributed by atoms with van der Waals surface area (Å²) in [6.07, 6.45) is 1.85. The van der Waals surface area contributed by atoms with Crippen molar-refractivity contribution in [2.24, 2.45) is 0 Å². The summed E-state index contributed by atoms with van der Waals surface area (Å²) in [7, 11) is 0. The van der Waals surface area contributed by atoms with Crippen molar-refractivity contribution in [3.05, 3.63) is 54.4 Å². The normalized spacial score (nSPS) is 10.2. The Bertz CT molecular complexity index is 523. The van der Waals surface area contributed by atoms with Crippen molar-refractivity contribution in [1.29, 1.82) is 0 Å². The maximum atomic E-state index is 11.3. The summed E-state index contributed by atoms with van der Waals surface area (Å²) in [5, 5.41) is 0. The Hall–Kier alpha value is -2.20. The van der Waals surface area contributed by atoms with Crippen LogP contribution < -0.4 is 0 Å². The number of hydrogen-bond acceptors (Lipinski definition) is 4. The van der Waals surface area contributed by atoms with E-state index in [-0.39, 0.29) is 6.42 Å². The molecule has 1 heterocycles. The van der Waals surface area contributed by atoms with E-state index in [2.05, 4.69) is 14.8 Å². The molecule has 0 fully saturated rings. The summed E-state index contributed by atoms with van der Waals surface area (Å²) >= 11 is 0. The minimum Gasteiger partial charge on any atom is -0.298 e. The maximum absolute atomic E-state index is 11.3. The first kappa shape index (κ1) is 13.2. The lowest BCUT2D eigenvalue weighted by Gasteiger charge is -2.03. The second-order valence-corrected chi connectivity index (χ2v) is 3.94. The average molecular weight is 257 g/mol. The summed E-state index contributed by atoms with van der Waals surface area (Å²) in [5.41, 5.74) is 2.77. The second kappa shape index (κ2) is 6.66. The van der Waals surface area contributed by atoms with Crippen molar-refractivity contribution in [1.82, 2.24) is 4.98 Å². The second-order valence-electron chi connectivity index (χ2n) is 3.94. The molecular formula is C15H15NO3. The Morgan fingerprint density at radius 1 is 1.11 bits per heavy atom. The zero-order valence-electron chi connectivity index (χ0n) is 10.7. The van der Waals surface area contributed by atoms with Crippen LogP contribution in [-0.4, -0.2) is 17.6 Å². The fraction of sp³-hybridized carbons (Fsp3) is 0.200. The molecule has 0 saturated heterocycles. The third kappa shape index (κ3) is 3.89. The fourth-order valence-corrected chi connectivity index (χ4v) is 1.63. The lowest BCUT2D eigenvalue weighted by molar-refractivity contribution is -0.269. The topological polar surface area (TPSA) is 48.4 Å². The average Bonchev–Trinajstić information content (AvgIpc) is 2.47. The molecule has 2 rings (SSSR count). The molecule has 0 unspecified atom stereocenters. The van der Waals surface area contributed by atoms with E-state index in [0.717, 1.165) is 11.1 Å². The van der Waals surface area contributed by atoms with Gasteiger partial charge in [0.1, 0.15) is 0 Å². The van der Waals surface area contributed by atoms with Crippen LogP contribution in [0.4, 0.5) is 0 Å². The molecule has 4 nitrogen and oxygen atoms in total. The van der Waals surface area contributed by atoms with E-state index in [1.807, 2.05) is 42.5 Å². The number of carbonyl (C=O) groups excluding carboxylic acids is 1. The highest BCUT2D eigenvalue weighted by atomic mass is 17.2. The monoisotopic (exact) mass is 257 g/mol. The zero-order chi connectivity index (χ0) is 13.5. The minimum absolute atomic E-state index is 0.106. The molecule has 2 aromatic rings. The van der Waals surface area contributed by atoms with Crippen LogP contribution in [0.15, 0.2) is 48.7 Å². The van der Waals surface area contributed by atoms with Gasteiger partial charge in [-0.2, -0.15) is 4.89 Å². The quantitative estimate of drug-likeness (QED) is 0.610. The highest BCUT2D eigenvalue weighted by Gasteiger charge is 2.07. The molecule has 0 atom stereocenters. The molecule has 0 bridgehead atoms. The van der Waals surface area contributed by atoms with Crippen LogP contribution in [0.3, 0.4) is 0 Å². The molecule has 98 valence electrons. The highest BCUT2D eigenvalue weighted by Crippen LogP contribution is 2.17. The smallest absolute Gasteiger partial charge is 0.298 e. The van der Waals surface area contributed by atoms with Gasteiger partial charge in [-0.1, -0.05) is 36.4 Å². The summed E-state index contributed by atoms with van der Waals surface area (Å²) < 4.78 is 0. The van der Waals surface area contributed by atoms with E-state index in [1.54, 1.807) is 13.1 Å². The number of benzene rings is 1. The van der Waals surface area contributed by atoms with Crippen LogP contribution in [-0.2, 0) is 21.0 Å². The van der Waals surface area contributed by atoms with E-state index in [1.165, 1.54) is 0 Å². The summed E-state index contributed by atoms with van der Waals surface area (Å²) in [6, 6.07) is 13.7. The molecule has 19 heavy (non-hydrogen) atoms. The molecular weight excluding hydrogens is 242 g/mol. The van der Waals surface area contributed by atoms with Crippen LogP contribution >= 0.6 is 0 Å². The number of aromatic nitrogens is 1. The van der Waals surface area contributed by atoms with Gasteiger partial charge in [0.2, 0.25) is 0 Å². The number of pyridine rings is 1. The predicted molar refractivity (Wildman–Crippen MR) is 71.1 cm³/mol. The van der Waals surface area contributed by atoms with Crippen LogP contribution in [0.5, 0.6) is 0 Å². The maximum Gasteiger partial charge on any atom is 0.348 e. The van der Waals surface area contributed by atoms with Gasteiger partial charge in [0.05, 0.1) is 18.7 Å². The van der Waals surface area contributed by atoms with Crippen molar-refractivity contribution < 1.29 is 14.6 Å². The number of hydrogen-bond donors (Lipinski definition) is 0. The van der Waals surface area contributed by atoms with E-state index < -0.39 is 5.97 Å². The molecule has 0 aliphatic heterocycles. The van der Waals surface area contributed by atoms with Gasteiger partial charge in [0.15, 0.2) is 0 Å². The molecule has 0 amide bonds. The molecule has 0 saturated carbocycles. The van der Waals surface area contributed by atoms with Crippen LogP contribution in [0.1, 0.15) is 12.6 Å². The third-order valence-corrected chi connectivity index (χ3v) is 2.53. The largest absolute Gasteiger partial charge is 0.348 e. The Morgan fingerprint density at radius 2 is 1.89 bits per heavy atom. The first-order valence-electron chi connectivity index (χ1n) is 6.12. The van der Waals surface area contributed by atoms with Gasteiger partial charge in [0, 0.05) is 11.8 Å². The summed E-state index contributed by atoms with van der Waals surface area (Å²) in [4.78, 5) is 24.7. The minimum atomic E-state index is -0.443. The van der Waals surface area contributed by atoms with Crippen LogP contribution in [0, 0.1) is 0 Å². The van der Waals surface area contributed by atoms with Gasteiger partial charge < -0.3 is 0 Å². The fourth-order valence-electron chi connectivity index (χ4n) is 1.63. The molecule has 1 aromatic heterocycles. The molecule has 1 aromatic carbocycles. The Morgan fingerprint density at radius 3 is 2.53 bits per heavy atom. The molecule has 0 aliphatic carbocycles. The van der Waals surface area contributed by atoms with Gasteiger partial charge in [-0.15, -0.1) is 0 Å². The van der Waals surface area contributed by atoms with E-state index in [9.17, 15) is 4.79 Å². The standard InChI is InChI=1S/C15H15NO3/c1-2-18-19-15(17)10-14-9-8-13(11-16-14)12-6-4-3-5-7-12/h3-9,11H,2,10H2,1H3. The SMILES string of the molecule is CCOOC(=O)Cc1ccc(-c2ccccc2)cn1. The van der Waals surface area contributed by atoms with Crippen molar-refractivity contribution in [3.8, 4) is 11.1 Å². The van der Waals surface area contributed by atoms with Crippen molar-refractivity contribution >= 4 is 5.97 Å². The predicted octanol–water partition coefficient (Wildman–Crippen LogP) is 2.79. The first-order valence-corrected chi connectivity index (χ1v) is 6.12. The van der Waals surface area contributed by atoms with Gasteiger partial charge in [-0.25, -0.2) is 4.79 Å².